The lowest BCUT2D eigenvalue weighted by atomic mass is 9.70. The fourth-order valence-corrected chi connectivity index (χ4v) is 6.06. The minimum atomic E-state index is 0.264. The predicted molar refractivity (Wildman–Crippen MR) is 97.4 cm³/mol. The summed E-state index contributed by atoms with van der Waals surface area (Å²) in [6.07, 6.45) is 4.79. The second-order valence-electron chi connectivity index (χ2n) is 7.52. The normalized spacial score (nSPS) is 35.1. The van der Waals surface area contributed by atoms with Crippen LogP contribution in [-0.4, -0.2) is 31.8 Å². The maximum Gasteiger partial charge on any atom is 0.118 e. The van der Waals surface area contributed by atoms with Crippen LogP contribution >= 0.6 is 11.9 Å². The molecule has 126 valence electrons. The molecule has 0 saturated heterocycles. The van der Waals surface area contributed by atoms with Crippen LogP contribution in [0.5, 0.6) is 5.75 Å². The summed E-state index contributed by atoms with van der Waals surface area (Å²) >= 11 is 1.70. The van der Waals surface area contributed by atoms with E-state index in [1.165, 1.54) is 12.8 Å². The van der Waals surface area contributed by atoms with Gasteiger partial charge in [-0.1, -0.05) is 20.8 Å². The van der Waals surface area contributed by atoms with Gasteiger partial charge in [0.25, 0.3) is 0 Å². The average Bonchev–Trinajstić information content (AvgIpc) is 2.86. The standard InChI is InChI=1S/C19H27NO2S/c1-18(2)15-10-11-19(18,3)17(22-5)16(15)23-20-12-13-6-8-14(21-4)9-7-13/h6-9,12,15-17H,10-11H2,1-5H3/b20-12+/t15-,16?,17?,19+/m1/s1. The number of hydrogen-bond donors (Lipinski definition) is 0. The van der Waals surface area contributed by atoms with E-state index in [-0.39, 0.29) is 11.5 Å². The zero-order chi connectivity index (χ0) is 16.7. The molecule has 4 heteroatoms. The molecule has 3 nitrogen and oxygen atoms in total. The second kappa shape index (κ2) is 6.14. The van der Waals surface area contributed by atoms with E-state index < -0.39 is 0 Å². The predicted octanol–water partition coefficient (Wildman–Crippen LogP) is 4.60. The third-order valence-electron chi connectivity index (χ3n) is 6.45. The lowest BCUT2D eigenvalue weighted by molar-refractivity contribution is -0.0176. The Kier molecular flexibility index (Phi) is 4.49. The Hall–Kier alpha value is -1.00. The summed E-state index contributed by atoms with van der Waals surface area (Å²) in [4.78, 5) is 0. The molecule has 4 atom stereocenters. The number of fused-ring (bicyclic) bond motifs is 2. The van der Waals surface area contributed by atoms with Crippen LogP contribution in [0, 0.1) is 16.7 Å². The van der Waals surface area contributed by atoms with E-state index >= 15 is 0 Å². The van der Waals surface area contributed by atoms with Gasteiger partial charge in [-0.3, -0.25) is 0 Å². The van der Waals surface area contributed by atoms with Gasteiger partial charge in [0.05, 0.1) is 18.5 Å². The van der Waals surface area contributed by atoms with Crippen molar-refractivity contribution in [2.75, 3.05) is 14.2 Å². The quantitative estimate of drug-likeness (QED) is 0.583. The Bertz CT molecular complexity index is 584. The first-order valence-corrected chi connectivity index (χ1v) is 9.14. The molecule has 3 rings (SSSR count). The largest absolute Gasteiger partial charge is 0.497 e. The maximum absolute atomic E-state index is 5.92. The topological polar surface area (TPSA) is 30.8 Å². The summed E-state index contributed by atoms with van der Waals surface area (Å²) in [5, 5.41) is 0.447. The molecule has 0 amide bonds. The zero-order valence-electron chi connectivity index (χ0n) is 14.7. The molecule has 2 bridgehead atoms. The van der Waals surface area contributed by atoms with E-state index in [1.54, 1.807) is 19.1 Å². The zero-order valence-corrected chi connectivity index (χ0v) is 15.5. The Morgan fingerprint density at radius 1 is 1.17 bits per heavy atom. The molecule has 2 unspecified atom stereocenters. The molecule has 0 heterocycles. The monoisotopic (exact) mass is 333 g/mol. The molecule has 1 aromatic carbocycles. The first-order chi connectivity index (χ1) is 10.9. The maximum atomic E-state index is 5.92. The van der Waals surface area contributed by atoms with Crippen molar-refractivity contribution in [1.82, 2.24) is 0 Å². The van der Waals surface area contributed by atoms with E-state index in [0.717, 1.165) is 11.3 Å². The van der Waals surface area contributed by atoms with Crippen molar-refractivity contribution in [3.63, 3.8) is 0 Å². The lowest BCUT2D eigenvalue weighted by Gasteiger charge is -2.38. The molecule has 0 aliphatic heterocycles. The van der Waals surface area contributed by atoms with E-state index in [2.05, 4.69) is 25.2 Å². The first kappa shape index (κ1) is 16.8. The van der Waals surface area contributed by atoms with Crippen LogP contribution in [0.3, 0.4) is 0 Å². The van der Waals surface area contributed by atoms with Crippen LogP contribution in [0.25, 0.3) is 0 Å². The van der Waals surface area contributed by atoms with Crippen molar-refractivity contribution in [3.05, 3.63) is 29.8 Å². The fourth-order valence-electron chi connectivity index (χ4n) is 4.59. The number of hydrogen-bond acceptors (Lipinski definition) is 4. The molecule has 2 fully saturated rings. The highest BCUT2D eigenvalue weighted by Crippen LogP contribution is 2.68. The van der Waals surface area contributed by atoms with Gasteiger partial charge in [-0.05, 0) is 66.0 Å². The molecule has 2 aliphatic carbocycles. The van der Waals surface area contributed by atoms with Crippen molar-refractivity contribution in [2.45, 2.75) is 45.0 Å². The van der Waals surface area contributed by atoms with Crippen molar-refractivity contribution in [1.29, 1.82) is 0 Å². The van der Waals surface area contributed by atoms with E-state index in [1.807, 2.05) is 37.6 Å². The van der Waals surface area contributed by atoms with Crippen LogP contribution < -0.4 is 4.74 Å². The van der Waals surface area contributed by atoms with Gasteiger partial charge in [0, 0.05) is 18.7 Å². The molecule has 1 aromatic rings. The van der Waals surface area contributed by atoms with Crippen molar-refractivity contribution < 1.29 is 9.47 Å². The molecule has 0 N–H and O–H groups in total. The molecule has 2 saturated carbocycles. The van der Waals surface area contributed by atoms with Crippen LogP contribution in [0.1, 0.15) is 39.2 Å². The highest BCUT2D eigenvalue weighted by Gasteiger charge is 2.66. The average molecular weight is 333 g/mol. The summed E-state index contributed by atoms with van der Waals surface area (Å²) in [5.74, 6) is 1.55. The highest BCUT2D eigenvalue weighted by atomic mass is 32.2. The van der Waals surface area contributed by atoms with E-state index in [9.17, 15) is 0 Å². The van der Waals surface area contributed by atoms with Crippen LogP contribution in [-0.2, 0) is 4.74 Å². The molecule has 0 spiro atoms. The third kappa shape index (κ3) is 2.60. The summed E-state index contributed by atoms with van der Waals surface area (Å²) in [7, 11) is 3.54. The van der Waals surface area contributed by atoms with Gasteiger partial charge in [0.2, 0.25) is 0 Å². The summed E-state index contributed by atoms with van der Waals surface area (Å²) < 4.78 is 15.8. The second-order valence-corrected chi connectivity index (χ2v) is 8.48. The Balaban J connectivity index is 1.71. The summed E-state index contributed by atoms with van der Waals surface area (Å²) in [5.41, 5.74) is 1.68. The van der Waals surface area contributed by atoms with Gasteiger partial charge in [0.15, 0.2) is 0 Å². The minimum absolute atomic E-state index is 0.264. The number of methoxy groups -OCH3 is 2. The first-order valence-electron chi connectivity index (χ1n) is 8.30. The highest BCUT2D eigenvalue weighted by molar-refractivity contribution is 7.98. The third-order valence-corrected chi connectivity index (χ3v) is 7.50. The van der Waals surface area contributed by atoms with E-state index in [0.29, 0.717) is 16.6 Å². The van der Waals surface area contributed by atoms with Gasteiger partial charge in [-0.25, -0.2) is 4.40 Å². The van der Waals surface area contributed by atoms with Gasteiger partial charge < -0.3 is 9.47 Å². The molecule has 23 heavy (non-hydrogen) atoms. The number of ether oxygens (including phenoxy) is 2. The van der Waals surface area contributed by atoms with Crippen molar-refractivity contribution in [3.8, 4) is 5.75 Å². The molecule has 0 radical (unpaired) electrons. The summed E-state index contributed by atoms with van der Waals surface area (Å²) in [6, 6.07) is 7.99. The smallest absolute Gasteiger partial charge is 0.118 e. The van der Waals surface area contributed by atoms with Crippen LogP contribution in [0.15, 0.2) is 28.7 Å². The van der Waals surface area contributed by atoms with Gasteiger partial charge >= 0.3 is 0 Å². The van der Waals surface area contributed by atoms with Gasteiger partial charge in [-0.2, -0.15) is 0 Å². The number of rotatable bonds is 5. The lowest BCUT2D eigenvalue weighted by Crippen LogP contribution is -2.39. The molecular weight excluding hydrogens is 306 g/mol. The number of benzene rings is 1. The fraction of sp³-hybridized carbons (Fsp3) is 0.632. The Labute approximate surface area is 144 Å². The van der Waals surface area contributed by atoms with Crippen molar-refractivity contribution >= 4 is 18.2 Å². The van der Waals surface area contributed by atoms with Crippen LogP contribution in [0.4, 0.5) is 0 Å². The Morgan fingerprint density at radius 3 is 2.48 bits per heavy atom. The SMILES string of the molecule is COc1ccc(/C=N/SC2C(OC)[C@]3(C)CC[C@H]2C3(C)C)cc1. The Morgan fingerprint density at radius 2 is 1.87 bits per heavy atom. The summed E-state index contributed by atoms with van der Waals surface area (Å²) in [6.45, 7) is 7.21. The van der Waals surface area contributed by atoms with Crippen LogP contribution in [0.2, 0.25) is 0 Å². The van der Waals surface area contributed by atoms with E-state index in [4.69, 9.17) is 9.47 Å². The minimum Gasteiger partial charge on any atom is -0.497 e. The van der Waals surface area contributed by atoms with Gasteiger partial charge in [-0.15, -0.1) is 0 Å². The molecule has 2 aliphatic rings. The van der Waals surface area contributed by atoms with Crippen molar-refractivity contribution in [2.24, 2.45) is 21.1 Å². The van der Waals surface area contributed by atoms with Gasteiger partial charge in [0.1, 0.15) is 5.75 Å². The molecule has 0 aromatic heterocycles. The molecular formula is C19H27NO2S. The number of nitrogens with zero attached hydrogens (tertiary/aromatic N) is 1.